The Morgan fingerprint density at radius 1 is 0.957 bits per heavy atom. The highest BCUT2D eigenvalue weighted by molar-refractivity contribution is 5.97. The number of hydrogen-bond acceptors (Lipinski definition) is 8. The lowest BCUT2D eigenvalue weighted by Gasteiger charge is -2.19. The van der Waals surface area contributed by atoms with E-state index in [4.69, 9.17) is 9.26 Å². The van der Waals surface area contributed by atoms with E-state index < -0.39 is 35.4 Å². The smallest absolute Gasteiger partial charge is 0.412 e. The Morgan fingerprint density at radius 2 is 1.66 bits per heavy atom. The first-order valence-corrected chi connectivity index (χ1v) is 14.6. The molecule has 12 heteroatoms. The van der Waals surface area contributed by atoms with Crippen LogP contribution in [0.4, 0.5) is 14.9 Å². The number of carbonyl (C=O) groups excluding carboxylic acids is 2. The normalized spacial score (nSPS) is 11.9. The van der Waals surface area contributed by atoms with Crippen molar-refractivity contribution in [1.29, 1.82) is 0 Å². The lowest BCUT2D eigenvalue weighted by atomic mass is 10.0. The van der Waals surface area contributed by atoms with Crippen molar-refractivity contribution < 1.29 is 33.1 Å². The van der Waals surface area contributed by atoms with Gasteiger partial charge in [0, 0.05) is 35.0 Å². The summed E-state index contributed by atoms with van der Waals surface area (Å²) >= 11 is 0. The molecule has 2 heterocycles. The summed E-state index contributed by atoms with van der Waals surface area (Å²) in [5, 5.41) is 18.9. The number of pyridine rings is 1. The van der Waals surface area contributed by atoms with Gasteiger partial charge in [-0.15, -0.1) is 0 Å². The highest BCUT2D eigenvalue weighted by Gasteiger charge is 2.23. The van der Waals surface area contributed by atoms with Crippen LogP contribution in [0.2, 0.25) is 0 Å². The SMILES string of the molecule is Cc1ccc(-c2cc(C(=O)NC(Cc3ccc(-c4noc(-c5ccc(NC(=O)OC(C)(C)C)cc5)n4)c(F)c3)C(=O)O)ccn2)cc1. The van der Waals surface area contributed by atoms with Crippen LogP contribution in [0.5, 0.6) is 0 Å². The maximum atomic E-state index is 15.2. The van der Waals surface area contributed by atoms with Gasteiger partial charge >= 0.3 is 12.1 Å². The number of carbonyl (C=O) groups is 3. The fourth-order valence-corrected chi connectivity index (χ4v) is 4.57. The minimum absolute atomic E-state index is 0.00911. The fourth-order valence-electron chi connectivity index (χ4n) is 4.57. The number of aliphatic carboxylic acids is 1. The maximum absolute atomic E-state index is 15.2. The van der Waals surface area contributed by atoms with Gasteiger partial charge in [0.2, 0.25) is 5.82 Å². The average molecular weight is 638 g/mol. The highest BCUT2D eigenvalue weighted by atomic mass is 19.1. The van der Waals surface area contributed by atoms with Crippen LogP contribution in [0.1, 0.15) is 42.3 Å². The molecule has 0 radical (unpaired) electrons. The number of aryl methyl sites for hydroxylation is 1. The van der Waals surface area contributed by atoms with Gasteiger partial charge in [0.1, 0.15) is 17.5 Å². The number of hydrogen-bond donors (Lipinski definition) is 3. The molecule has 1 atom stereocenters. The molecule has 0 saturated carbocycles. The van der Waals surface area contributed by atoms with Crippen LogP contribution in [0.3, 0.4) is 0 Å². The Balaban J connectivity index is 1.24. The monoisotopic (exact) mass is 637 g/mol. The zero-order valence-corrected chi connectivity index (χ0v) is 26.1. The summed E-state index contributed by atoms with van der Waals surface area (Å²) in [6, 6.07) is 20.1. The molecule has 240 valence electrons. The maximum Gasteiger partial charge on any atom is 0.412 e. The van der Waals surface area contributed by atoms with Crippen LogP contribution in [-0.4, -0.2) is 49.8 Å². The second kappa shape index (κ2) is 13.6. The number of carboxylic acids is 1. The zero-order chi connectivity index (χ0) is 33.7. The van der Waals surface area contributed by atoms with Gasteiger partial charge in [-0.05, 0) is 81.8 Å². The number of nitrogens with zero attached hydrogens (tertiary/aromatic N) is 3. The number of amides is 2. The largest absolute Gasteiger partial charge is 0.480 e. The summed E-state index contributed by atoms with van der Waals surface area (Å²) in [4.78, 5) is 45.7. The molecule has 0 aliphatic heterocycles. The number of aromatic nitrogens is 3. The van der Waals surface area contributed by atoms with Crippen molar-refractivity contribution in [1.82, 2.24) is 20.4 Å². The molecule has 3 N–H and O–H groups in total. The molecule has 0 aliphatic carbocycles. The summed E-state index contributed by atoms with van der Waals surface area (Å²) in [5.74, 6) is -2.45. The van der Waals surface area contributed by atoms with Gasteiger partial charge in [-0.25, -0.2) is 14.0 Å². The molecule has 5 aromatic rings. The van der Waals surface area contributed by atoms with Crippen molar-refractivity contribution in [2.24, 2.45) is 0 Å². The zero-order valence-electron chi connectivity index (χ0n) is 26.1. The van der Waals surface area contributed by atoms with Crippen molar-refractivity contribution in [2.45, 2.75) is 45.8 Å². The average Bonchev–Trinajstić information content (AvgIpc) is 3.50. The second-order valence-corrected chi connectivity index (χ2v) is 11.8. The molecule has 1 unspecified atom stereocenters. The first kappa shape index (κ1) is 32.5. The topological polar surface area (TPSA) is 157 Å². The summed E-state index contributed by atoms with van der Waals surface area (Å²) in [6.07, 6.45) is 0.716. The van der Waals surface area contributed by atoms with E-state index in [2.05, 4.69) is 25.8 Å². The van der Waals surface area contributed by atoms with Gasteiger partial charge < -0.3 is 19.7 Å². The predicted molar refractivity (Wildman–Crippen MR) is 172 cm³/mol. The minimum atomic E-state index is -1.33. The van der Waals surface area contributed by atoms with Crippen LogP contribution in [0.15, 0.2) is 89.6 Å². The van der Waals surface area contributed by atoms with Crippen molar-refractivity contribution >= 4 is 23.7 Å². The number of rotatable bonds is 9. The summed E-state index contributed by atoms with van der Waals surface area (Å²) in [7, 11) is 0. The van der Waals surface area contributed by atoms with Gasteiger partial charge in [0.15, 0.2) is 0 Å². The Morgan fingerprint density at radius 3 is 2.32 bits per heavy atom. The van der Waals surface area contributed by atoms with Gasteiger partial charge in [0.25, 0.3) is 11.8 Å². The minimum Gasteiger partial charge on any atom is -0.480 e. The van der Waals surface area contributed by atoms with E-state index in [9.17, 15) is 19.5 Å². The predicted octanol–water partition coefficient (Wildman–Crippen LogP) is 6.69. The Bertz CT molecular complexity index is 1920. The van der Waals surface area contributed by atoms with Crippen LogP contribution in [0.25, 0.3) is 34.1 Å². The van der Waals surface area contributed by atoms with Gasteiger partial charge in [-0.1, -0.05) is 41.1 Å². The molecule has 47 heavy (non-hydrogen) atoms. The molecule has 0 spiro atoms. The molecule has 0 saturated heterocycles. The number of carboxylic acid groups (broad SMARTS) is 1. The molecule has 2 aromatic heterocycles. The number of halogens is 1. The first-order chi connectivity index (χ1) is 22.3. The molecule has 3 aromatic carbocycles. The van der Waals surface area contributed by atoms with Gasteiger partial charge in [-0.3, -0.25) is 15.1 Å². The Labute approximate surface area is 269 Å². The van der Waals surface area contributed by atoms with Crippen molar-refractivity contribution in [3.63, 3.8) is 0 Å². The summed E-state index contributed by atoms with van der Waals surface area (Å²) < 4.78 is 25.8. The van der Waals surface area contributed by atoms with E-state index in [1.807, 2.05) is 31.2 Å². The molecule has 11 nitrogen and oxygen atoms in total. The Hall–Kier alpha value is -5.91. The lowest BCUT2D eigenvalue weighted by Crippen LogP contribution is -2.42. The van der Waals surface area contributed by atoms with Crippen molar-refractivity contribution in [3.8, 4) is 34.1 Å². The molecule has 0 bridgehead atoms. The molecular weight excluding hydrogens is 605 g/mol. The van der Waals surface area contributed by atoms with Crippen LogP contribution < -0.4 is 10.6 Å². The summed E-state index contributed by atoms with van der Waals surface area (Å²) in [6.45, 7) is 7.25. The van der Waals surface area contributed by atoms with Crippen molar-refractivity contribution in [2.75, 3.05) is 5.32 Å². The fraction of sp³-hybridized carbons (Fsp3) is 0.200. The molecule has 0 fully saturated rings. The molecule has 5 rings (SSSR count). The third kappa shape index (κ3) is 8.42. The highest BCUT2D eigenvalue weighted by Crippen LogP contribution is 2.26. The molecular formula is C35H32FN5O6. The van der Waals surface area contributed by atoms with Crippen LogP contribution >= 0.6 is 0 Å². The number of anilines is 1. The van der Waals surface area contributed by atoms with Gasteiger partial charge in [0.05, 0.1) is 11.3 Å². The van der Waals surface area contributed by atoms with E-state index in [-0.39, 0.29) is 29.3 Å². The lowest BCUT2D eigenvalue weighted by molar-refractivity contribution is -0.139. The van der Waals surface area contributed by atoms with E-state index in [1.165, 1.54) is 30.5 Å². The third-order valence-electron chi connectivity index (χ3n) is 6.89. The Kier molecular flexibility index (Phi) is 9.41. The third-order valence-corrected chi connectivity index (χ3v) is 6.89. The van der Waals surface area contributed by atoms with Gasteiger partial charge in [-0.2, -0.15) is 4.98 Å². The van der Waals surface area contributed by atoms with E-state index >= 15 is 4.39 Å². The number of benzene rings is 3. The van der Waals surface area contributed by atoms with Crippen molar-refractivity contribution in [3.05, 3.63) is 108 Å². The summed E-state index contributed by atoms with van der Waals surface area (Å²) in [5.41, 5.74) is 3.48. The van der Waals surface area contributed by atoms with E-state index in [1.54, 1.807) is 51.1 Å². The second-order valence-electron chi connectivity index (χ2n) is 11.8. The first-order valence-electron chi connectivity index (χ1n) is 14.6. The molecule has 2 amide bonds. The molecule has 0 aliphatic rings. The van der Waals surface area contributed by atoms with Crippen LogP contribution in [0, 0.1) is 12.7 Å². The number of ether oxygens (including phenoxy) is 1. The quantitative estimate of drug-likeness (QED) is 0.160. The van der Waals surface area contributed by atoms with Crippen LogP contribution in [-0.2, 0) is 16.0 Å². The van der Waals surface area contributed by atoms with E-state index in [0.29, 0.717) is 22.5 Å². The van der Waals surface area contributed by atoms with E-state index in [0.717, 1.165) is 11.1 Å². The standard InChI is InChI=1S/C35H32FN5O6/c1-20-5-8-22(9-6-20)28-19-24(15-16-37-28)31(42)39-29(33(43)44)18-21-7-14-26(27(36)17-21)30-40-32(47-41-30)23-10-12-25(13-11-23)38-34(45)46-35(2,3)4/h5-17,19,29H,18H2,1-4H3,(H,38,45)(H,39,42)(H,43,44). The number of nitrogens with one attached hydrogen (secondary N) is 2.